The van der Waals surface area contributed by atoms with Crippen molar-refractivity contribution in [1.82, 2.24) is 5.32 Å². The topological polar surface area (TPSA) is 125 Å². The second-order valence-electron chi connectivity index (χ2n) is 1.74. The number of carboxylic acids is 1. The van der Waals surface area contributed by atoms with Gasteiger partial charge in [0.2, 0.25) is 0 Å². The predicted molar refractivity (Wildman–Crippen MR) is 35.5 cm³/mol. The standard InChI is InChI=1S/C4H10N4O2/c5-2(3(9)10)1-8-4(6)7/h2H,1,5H2,(H,9,10)(H4,6,7,8)/t2-/m1/s1. The minimum Gasteiger partial charge on any atom is -0.480 e. The van der Waals surface area contributed by atoms with Crippen LogP contribution in [0, 0.1) is 5.41 Å². The van der Waals surface area contributed by atoms with E-state index in [0.717, 1.165) is 0 Å². The van der Waals surface area contributed by atoms with E-state index in [1.807, 2.05) is 0 Å². The molecular weight excluding hydrogens is 136 g/mol. The van der Waals surface area contributed by atoms with Crippen LogP contribution in [0.15, 0.2) is 0 Å². The molecule has 0 aliphatic carbocycles. The normalized spacial score (nSPS) is 12.1. The van der Waals surface area contributed by atoms with Gasteiger partial charge >= 0.3 is 5.97 Å². The van der Waals surface area contributed by atoms with Gasteiger partial charge in [0, 0.05) is 6.54 Å². The van der Waals surface area contributed by atoms with Gasteiger partial charge < -0.3 is 21.9 Å². The minimum absolute atomic E-state index is 0.0231. The second kappa shape index (κ2) is 3.67. The molecule has 0 amide bonds. The van der Waals surface area contributed by atoms with Crippen molar-refractivity contribution in [3.63, 3.8) is 0 Å². The highest BCUT2D eigenvalue weighted by molar-refractivity contribution is 5.77. The molecule has 0 aliphatic heterocycles. The second-order valence-corrected chi connectivity index (χ2v) is 1.74. The van der Waals surface area contributed by atoms with E-state index in [4.69, 9.17) is 22.0 Å². The molecule has 0 radical (unpaired) electrons. The first-order valence-corrected chi connectivity index (χ1v) is 2.60. The summed E-state index contributed by atoms with van der Waals surface area (Å²) < 4.78 is 0. The summed E-state index contributed by atoms with van der Waals surface area (Å²) in [6.07, 6.45) is 0. The molecule has 58 valence electrons. The van der Waals surface area contributed by atoms with Crippen molar-refractivity contribution in [2.45, 2.75) is 6.04 Å². The molecule has 0 aromatic heterocycles. The average Bonchev–Trinajstić information content (AvgIpc) is 1.82. The summed E-state index contributed by atoms with van der Waals surface area (Å²) in [7, 11) is 0. The van der Waals surface area contributed by atoms with E-state index in [-0.39, 0.29) is 12.5 Å². The van der Waals surface area contributed by atoms with Crippen molar-refractivity contribution in [3.8, 4) is 0 Å². The Morgan fingerprint density at radius 3 is 2.60 bits per heavy atom. The maximum absolute atomic E-state index is 10.0. The molecule has 0 saturated carbocycles. The highest BCUT2D eigenvalue weighted by Crippen LogP contribution is 1.73. The summed E-state index contributed by atoms with van der Waals surface area (Å²) >= 11 is 0. The molecule has 7 N–H and O–H groups in total. The van der Waals surface area contributed by atoms with Gasteiger partial charge in [-0.25, -0.2) is 0 Å². The Labute approximate surface area is 57.7 Å². The summed E-state index contributed by atoms with van der Waals surface area (Å²) in [5.41, 5.74) is 9.92. The number of nitrogens with one attached hydrogen (secondary N) is 2. The number of nitrogens with two attached hydrogens (primary N) is 2. The smallest absolute Gasteiger partial charge is 0.322 e. The lowest BCUT2D eigenvalue weighted by Crippen LogP contribution is -2.44. The SMILES string of the molecule is N=C(N)NC[C@@H](N)C(=O)O. The fourth-order valence-electron chi connectivity index (χ4n) is 0.307. The zero-order valence-corrected chi connectivity index (χ0v) is 5.29. The summed E-state index contributed by atoms with van der Waals surface area (Å²) in [6.45, 7) is -0.0231. The van der Waals surface area contributed by atoms with Gasteiger partial charge in [-0.05, 0) is 0 Å². The number of aliphatic carboxylic acids is 1. The van der Waals surface area contributed by atoms with Crippen LogP contribution in [0.1, 0.15) is 0 Å². The molecule has 1 atom stereocenters. The Morgan fingerprint density at radius 2 is 2.30 bits per heavy atom. The van der Waals surface area contributed by atoms with Crippen LogP contribution in [0.4, 0.5) is 0 Å². The monoisotopic (exact) mass is 146 g/mol. The third-order valence-corrected chi connectivity index (χ3v) is 0.830. The molecule has 0 bridgehead atoms. The summed E-state index contributed by atoms with van der Waals surface area (Å²) in [4.78, 5) is 10.0. The Kier molecular flexibility index (Phi) is 3.20. The van der Waals surface area contributed by atoms with Crippen LogP contribution in [0.3, 0.4) is 0 Å². The quantitative estimate of drug-likeness (QED) is 0.230. The van der Waals surface area contributed by atoms with E-state index >= 15 is 0 Å². The lowest BCUT2D eigenvalue weighted by atomic mass is 10.3. The van der Waals surface area contributed by atoms with E-state index in [1.165, 1.54) is 0 Å². The Balaban J connectivity index is 3.49. The lowest BCUT2D eigenvalue weighted by Gasteiger charge is -2.06. The maximum atomic E-state index is 10.0. The van der Waals surface area contributed by atoms with Gasteiger partial charge in [-0.15, -0.1) is 0 Å². The molecule has 6 nitrogen and oxygen atoms in total. The van der Waals surface area contributed by atoms with Gasteiger partial charge in [0.1, 0.15) is 6.04 Å². The van der Waals surface area contributed by atoms with Gasteiger partial charge in [-0.3, -0.25) is 10.2 Å². The highest BCUT2D eigenvalue weighted by atomic mass is 16.4. The predicted octanol–water partition coefficient (Wildman–Crippen LogP) is -2.12. The van der Waals surface area contributed by atoms with Crippen molar-refractivity contribution in [2.24, 2.45) is 11.5 Å². The molecule has 0 aromatic carbocycles. The third-order valence-electron chi connectivity index (χ3n) is 0.830. The molecule has 0 unspecified atom stereocenters. The number of rotatable bonds is 3. The van der Waals surface area contributed by atoms with Crippen LogP contribution in [0.5, 0.6) is 0 Å². The molecule has 0 rings (SSSR count). The molecule has 10 heavy (non-hydrogen) atoms. The van der Waals surface area contributed by atoms with Crippen molar-refractivity contribution < 1.29 is 9.90 Å². The number of guanidine groups is 1. The van der Waals surface area contributed by atoms with Gasteiger partial charge in [-0.2, -0.15) is 0 Å². The van der Waals surface area contributed by atoms with Crippen molar-refractivity contribution in [2.75, 3.05) is 6.54 Å². The van der Waals surface area contributed by atoms with Gasteiger partial charge in [0.15, 0.2) is 5.96 Å². The summed E-state index contributed by atoms with van der Waals surface area (Å²) in [6, 6.07) is -1.01. The molecule has 0 saturated heterocycles. The maximum Gasteiger partial charge on any atom is 0.322 e. The molecule has 0 fully saturated rings. The van der Waals surface area contributed by atoms with Crippen molar-refractivity contribution in [1.29, 1.82) is 5.41 Å². The first kappa shape index (κ1) is 8.70. The third kappa shape index (κ3) is 3.67. The van der Waals surface area contributed by atoms with Crippen LogP contribution < -0.4 is 16.8 Å². The number of hydrogen-bond acceptors (Lipinski definition) is 3. The lowest BCUT2D eigenvalue weighted by molar-refractivity contribution is -0.138. The number of carbonyl (C=O) groups is 1. The van der Waals surface area contributed by atoms with Crippen LogP contribution >= 0.6 is 0 Å². The largest absolute Gasteiger partial charge is 0.480 e. The van der Waals surface area contributed by atoms with E-state index < -0.39 is 12.0 Å². The zero-order chi connectivity index (χ0) is 8.15. The van der Waals surface area contributed by atoms with E-state index in [0.29, 0.717) is 0 Å². The molecule has 0 aliphatic rings. The van der Waals surface area contributed by atoms with Crippen LogP contribution in [-0.4, -0.2) is 29.6 Å². The van der Waals surface area contributed by atoms with Crippen LogP contribution in [-0.2, 0) is 4.79 Å². The van der Waals surface area contributed by atoms with Crippen molar-refractivity contribution in [3.05, 3.63) is 0 Å². The van der Waals surface area contributed by atoms with Crippen LogP contribution in [0.2, 0.25) is 0 Å². The van der Waals surface area contributed by atoms with Gasteiger partial charge in [-0.1, -0.05) is 0 Å². The first-order valence-electron chi connectivity index (χ1n) is 2.60. The molecule has 6 heteroatoms. The van der Waals surface area contributed by atoms with E-state index in [2.05, 4.69) is 5.32 Å². The fourth-order valence-corrected chi connectivity index (χ4v) is 0.307. The molecular formula is C4H10N4O2. The highest BCUT2D eigenvalue weighted by Gasteiger charge is 2.09. The van der Waals surface area contributed by atoms with Gasteiger partial charge in [0.05, 0.1) is 0 Å². The van der Waals surface area contributed by atoms with E-state index in [9.17, 15) is 4.79 Å². The molecule has 0 spiro atoms. The fraction of sp³-hybridized carbons (Fsp3) is 0.500. The Bertz CT molecular complexity index is 146. The molecule has 0 aromatic rings. The van der Waals surface area contributed by atoms with Crippen LogP contribution in [0.25, 0.3) is 0 Å². The van der Waals surface area contributed by atoms with Gasteiger partial charge in [0.25, 0.3) is 0 Å². The van der Waals surface area contributed by atoms with Crippen molar-refractivity contribution >= 4 is 11.9 Å². The average molecular weight is 146 g/mol. The Hall–Kier alpha value is -1.30. The minimum atomic E-state index is -1.12. The Morgan fingerprint density at radius 1 is 1.80 bits per heavy atom. The number of hydrogen-bond donors (Lipinski definition) is 5. The summed E-state index contributed by atoms with van der Waals surface area (Å²) in [5, 5.41) is 17.1. The molecule has 0 heterocycles. The summed E-state index contributed by atoms with van der Waals surface area (Å²) in [5.74, 6) is -1.40. The van der Waals surface area contributed by atoms with E-state index in [1.54, 1.807) is 0 Å². The zero-order valence-electron chi connectivity index (χ0n) is 5.29. The first-order chi connectivity index (χ1) is 4.54. The number of carboxylic acid groups (broad SMARTS) is 1.